The average molecular weight is 810 g/mol. The summed E-state index contributed by atoms with van der Waals surface area (Å²) < 4.78 is 6.17. The fraction of sp³-hybridized carbons (Fsp3) is 0.562. The quantitative estimate of drug-likeness (QED) is 0.146. The molecular formula is C48H67N5O6. The summed E-state index contributed by atoms with van der Waals surface area (Å²) in [5.41, 5.74) is 5.19. The Labute approximate surface area is 351 Å². The van der Waals surface area contributed by atoms with Crippen molar-refractivity contribution in [1.29, 1.82) is 0 Å². The van der Waals surface area contributed by atoms with Crippen LogP contribution in [0.15, 0.2) is 66.7 Å². The number of carbonyl (C=O) groups excluding carboxylic acids is 3. The molecule has 2 amide bonds. The number of amides is 2. The molecule has 0 aromatic heterocycles. The molecule has 4 aliphatic rings. The molecule has 3 saturated carbocycles. The zero-order chi connectivity index (χ0) is 42.8. The van der Waals surface area contributed by atoms with Crippen LogP contribution in [0, 0.1) is 35.0 Å². The molecule has 3 aliphatic carbocycles. The van der Waals surface area contributed by atoms with E-state index in [1.807, 2.05) is 94.6 Å². The fourth-order valence-electron chi connectivity index (χ4n) is 10.4. The van der Waals surface area contributed by atoms with Crippen molar-refractivity contribution < 1.29 is 29.1 Å². The van der Waals surface area contributed by atoms with Gasteiger partial charge in [0.2, 0.25) is 5.91 Å². The number of hydrogen-bond acceptors (Lipinski definition) is 9. The zero-order valence-electron chi connectivity index (χ0n) is 36.8. The number of ether oxygens (including phenoxy) is 1. The monoisotopic (exact) mass is 810 g/mol. The molecule has 2 bridgehead atoms. The van der Waals surface area contributed by atoms with E-state index in [1.165, 1.54) is 6.42 Å². The van der Waals surface area contributed by atoms with Gasteiger partial charge in [0, 0.05) is 67.4 Å². The number of fused-ring (bicyclic) bond motifs is 2. The van der Waals surface area contributed by atoms with Gasteiger partial charge in [-0.2, -0.15) is 5.06 Å². The smallest absolute Gasteiger partial charge is 0.251 e. The highest BCUT2D eigenvalue weighted by molar-refractivity contribution is 5.97. The molecule has 0 spiro atoms. The van der Waals surface area contributed by atoms with Crippen LogP contribution < -0.4 is 20.3 Å². The molecular weight excluding hydrogens is 743 g/mol. The van der Waals surface area contributed by atoms with Crippen molar-refractivity contribution in [2.24, 2.45) is 35.0 Å². The first kappa shape index (κ1) is 44.3. The first-order valence-corrected chi connectivity index (χ1v) is 21.3. The summed E-state index contributed by atoms with van der Waals surface area (Å²) in [6.45, 7) is 11.1. The maximum Gasteiger partial charge on any atom is 0.251 e. The van der Waals surface area contributed by atoms with Gasteiger partial charge in [-0.05, 0) is 98.7 Å². The lowest BCUT2D eigenvalue weighted by Crippen LogP contribution is -2.62. The molecule has 9 atom stereocenters. The summed E-state index contributed by atoms with van der Waals surface area (Å²) in [6, 6.07) is 21.1. The third-order valence-electron chi connectivity index (χ3n) is 13.7. The molecule has 59 heavy (non-hydrogen) atoms. The highest BCUT2D eigenvalue weighted by Gasteiger charge is 2.57. The van der Waals surface area contributed by atoms with Crippen LogP contribution in [0.25, 0.3) is 11.1 Å². The lowest BCUT2D eigenvalue weighted by Gasteiger charge is -2.62. The van der Waals surface area contributed by atoms with Gasteiger partial charge in [-0.1, -0.05) is 76.2 Å². The second kappa shape index (κ2) is 18.5. The van der Waals surface area contributed by atoms with Crippen LogP contribution in [-0.4, -0.2) is 105 Å². The van der Waals surface area contributed by atoms with Crippen molar-refractivity contribution in [3.05, 3.63) is 83.4 Å². The van der Waals surface area contributed by atoms with Crippen LogP contribution in [0.2, 0.25) is 0 Å². The molecule has 3 aromatic rings. The number of aliphatic hydroxyl groups is 1. The van der Waals surface area contributed by atoms with Crippen LogP contribution in [0.3, 0.4) is 0 Å². The maximum absolute atomic E-state index is 14.6. The van der Waals surface area contributed by atoms with Gasteiger partial charge in [-0.15, -0.1) is 0 Å². The topological polar surface area (TPSA) is 124 Å². The van der Waals surface area contributed by atoms with Gasteiger partial charge in [-0.3, -0.25) is 14.4 Å². The number of anilines is 1. The summed E-state index contributed by atoms with van der Waals surface area (Å²) >= 11 is 0. The number of rotatable bonds is 17. The highest BCUT2D eigenvalue weighted by Crippen LogP contribution is 2.61. The number of carbonyl (C=O) groups is 3. The number of likely N-dealkylation sites (N-methyl/N-ethyl adjacent to an activating group) is 1. The van der Waals surface area contributed by atoms with Crippen molar-refractivity contribution in [3.63, 3.8) is 0 Å². The van der Waals surface area contributed by atoms with Crippen molar-refractivity contribution in [1.82, 2.24) is 20.6 Å². The predicted octanol–water partition coefficient (Wildman–Crippen LogP) is 6.23. The van der Waals surface area contributed by atoms with Crippen LogP contribution in [0.5, 0.6) is 5.75 Å². The van der Waals surface area contributed by atoms with Crippen LogP contribution >= 0.6 is 0 Å². The van der Waals surface area contributed by atoms with E-state index in [9.17, 15) is 19.5 Å². The Hall–Kier alpha value is -4.29. The third-order valence-corrected chi connectivity index (χ3v) is 13.7. The van der Waals surface area contributed by atoms with Gasteiger partial charge < -0.3 is 35.1 Å². The number of aliphatic hydroxyl groups excluding tert-OH is 1. The molecule has 11 heteroatoms. The molecule has 4 fully saturated rings. The number of nitrogens with one attached hydrogen (secondary N) is 2. The van der Waals surface area contributed by atoms with Crippen molar-refractivity contribution in [2.45, 2.75) is 91.1 Å². The molecule has 0 radical (unpaired) electrons. The summed E-state index contributed by atoms with van der Waals surface area (Å²) in [4.78, 5) is 51.7. The van der Waals surface area contributed by atoms with Gasteiger partial charge in [0.25, 0.3) is 5.91 Å². The molecule has 0 unspecified atom stereocenters. The second-order valence-electron chi connectivity index (χ2n) is 18.7. The van der Waals surface area contributed by atoms with E-state index in [-0.39, 0.29) is 60.6 Å². The summed E-state index contributed by atoms with van der Waals surface area (Å²) in [5.74, 6) is 1.15. The van der Waals surface area contributed by atoms with Gasteiger partial charge in [0.15, 0.2) is 0 Å². The van der Waals surface area contributed by atoms with E-state index in [4.69, 9.17) is 9.57 Å². The van der Waals surface area contributed by atoms with Crippen LogP contribution in [0.4, 0.5) is 5.69 Å². The van der Waals surface area contributed by atoms with E-state index < -0.39 is 18.1 Å². The molecule has 3 N–H and O–H groups in total. The molecule has 1 heterocycles. The Morgan fingerprint density at radius 1 is 1.02 bits per heavy atom. The Morgan fingerprint density at radius 3 is 2.36 bits per heavy atom. The summed E-state index contributed by atoms with van der Waals surface area (Å²) in [5, 5.41) is 19.1. The van der Waals surface area contributed by atoms with Crippen molar-refractivity contribution in [3.8, 4) is 16.9 Å². The Morgan fingerprint density at radius 2 is 1.75 bits per heavy atom. The third kappa shape index (κ3) is 9.70. The molecule has 1 aliphatic heterocycles. The number of Topliss-reactive ketones (excluding diaryl/α,β-unsaturated/α-hetero) is 1. The number of para-hydroxylation sites is 1. The van der Waals surface area contributed by atoms with E-state index in [0.717, 1.165) is 34.4 Å². The summed E-state index contributed by atoms with van der Waals surface area (Å²) in [6.07, 6.45) is 2.45. The number of benzene rings is 3. The lowest BCUT2D eigenvalue weighted by molar-refractivity contribution is -0.183. The predicted molar refractivity (Wildman–Crippen MR) is 233 cm³/mol. The largest absolute Gasteiger partial charge is 0.496 e. The standard InChI is InChI=1S/C48H67N5O6/c1-29(19-30(2)55)43-42(28-54)59-53(44(43)47(57)50-41-25-36-24-40(31(41)3)48(36,4)5)26-33-17-14-18-39(45(33)58-10)34-21-35(23-38(22-34)52(8)9)46(56)49-37(27-51(6)7)20-32-15-12-11-13-16-32/h11-18,21-23,29,31,36-37,40-44,54H,19-20,24-28H2,1-10H3,(H,49,56)(H,50,57)/t29-,31+,36-,37+,40+,41+,42+,43-,44+/m1/s1. The van der Waals surface area contributed by atoms with Crippen molar-refractivity contribution >= 4 is 23.3 Å². The second-order valence-corrected chi connectivity index (χ2v) is 18.7. The minimum absolute atomic E-state index is 0.0295. The number of hydrogen-bond donors (Lipinski definition) is 3. The number of nitrogens with zero attached hydrogens (tertiary/aromatic N) is 3. The Bertz CT molecular complexity index is 1950. The number of ketones is 1. The van der Waals surface area contributed by atoms with E-state index in [2.05, 4.69) is 48.4 Å². The normalized spacial score (nSPS) is 25.8. The van der Waals surface area contributed by atoms with Gasteiger partial charge >= 0.3 is 0 Å². The Kier molecular flexibility index (Phi) is 13.9. The van der Waals surface area contributed by atoms with E-state index in [1.54, 1.807) is 19.1 Å². The maximum atomic E-state index is 14.6. The zero-order valence-corrected chi connectivity index (χ0v) is 36.8. The average Bonchev–Trinajstić information content (AvgIpc) is 3.56. The first-order chi connectivity index (χ1) is 28.0. The van der Waals surface area contributed by atoms with E-state index in [0.29, 0.717) is 42.0 Å². The highest BCUT2D eigenvalue weighted by atomic mass is 16.7. The lowest BCUT2D eigenvalue weighted by atomic mass is 9.45. The molecule has 3 aromatic carbocycles. The molecule has 320 valence electrons. The number of methoxy groups -OCH3 is 1. The van der Waals surface area contributed by atoms with Crippen LogP contribution in [-0.2, 0) is 27.4 Å². The first-order valence-electron chi connectivity index (χ1n) is 21.3. The molecule has 11 nitrogen and oxygen atoms in total. The summed E-state index contributed by atoms with van der Waals surface area (Å²) in [7, 11) is 9.54. The number of hydroxylamine groups is 2. The fourth-order valence-corrected chi connectivity index (χ4v) is 10.4. The van der Waals surface area contributed by atoms with Crippen LogP contribution in [0.1, 0.15) is 75.4 Å². The van der Waals surface area contributed by atoms with Gasteiger partial charge in [-0.25, -0.2) is 0 Å². The Balaban J connectivity index is 1.31. The minimum Gasteiger partial charge on any atom is -0.496 e. The van der Waals surface area contributed by atoms with Gasteiger partial charge in [0.1, 0.15) is 23.7 Å². The van der Waals surface area contributed by atoms with E-state index >= 15 is 0 Å². The van der Waals surface area contributed by atoms with Gasteiger partial charge in [0.05, 0.1) is 20.3 Å². The van der Waals surface area contributed by atoms with Crippen molar-refractivity contribution in [2.75, 3.05) is 53.4 Å². The molecule has 7 rings (SSSR count). The minimum atomic E-state index is -0.744. The molecule has 1 saturated heterocycles. The SMILES string of the molecule is COc1c(CN2O[C@@H](CO)[C@@H]([C@H](C)CC(C)=O)[C@H]2C(=O)N[C@H]2C[C@H]3C[C@@H]([C@@H]2C)C3(C)C)cccc1-c1cc(C(=O)N[C@@H](Cc2ccccc2)CN(C)C)cc(N(C)C)c1.